The van der Waals surface area contributed by atoms with Gasteiger partial charge in [0.2, 0.25) is 0 Å². The van der Waals surface area contributed by atoms with Gasteiger partial charge in [-0.3, -0.25) is 0 Å². The molecule has 5 rings (SSSR count). The van der Waals surface area contributed by atoms with Crippen LogP contribution in [-0.4, -0.2) is 44.1 Å². The summed E-state index contributed by atoms with van der Waals surface area (Å²) in [7, 11) is 0. The van der Waals surface area contributed by atoms with E-state index in [2.05, 4.69) is 104 Å². The SMILES string of the molecule is CCCC[NH+]1C[C@H](OCc2ccccc2)[C@@H](OCc2ccccc2)[C@@H](OCc2ccccc2)[C@H]1COCc1ccccc1. The number of hydrogen-bond donors (Lipinski definition) is 1. The molecule has 0 aliphatic carbocycles. The molecule has 0 bridgehead atoms. The van der Waals surface area contributed by atoms with Crippen LogP contribution in [0.25, 0.3) is 0 Å². The molecule has 5 nitrogen and oxygen atoms in total. The summed E-state index contributed by atoms with van der Waals surface area (Å²) < 4.78 is 26.8. The van der Waals surface area contributed by atoms with E-state index < -0.39 is 0 Å². The Kier molecular flexibility index (Phi) is 12.4. The van der Waals surface area contributed by atoms with Crippen molar-refractivity contribution >= 4 is 0 Å². The lowest BCUT2D eigenvalue weighted by molar-refractivity contribution is -0.940. The minimum atomic E-state index is -0.247. The van der Waals surface area contributed by atoms with Crippen molar-refractivity contribution in [2.45, 2.75) is 70.5 Å². The molecule has 1 aliphatic rings. The van der Waals surface area contributed by atoms with Crippen molar-refractivity contribution in [1.82, 2.24) is 0 Å². The van der Waals surface area contributed by atoms with E-state index in [1.54, 1.807) is 0 Å². The van der Waals surface area contributed by atoms with Crippen molar-refractivity contribution in [3.8, 4) is 0 Å². The number of likely N-dealkylation sites (tertiary alicyclic amines) is 1. The molecule has 1 unspecified atom stereocenters. The smallest absolute Gasteiger partial charge is 0.141 e. The Morgan fingerprint density at radius 2 is 1.00 bits per heavy atom. The van der Waals surface area contributed by atoms with E-state index in [-0.39, 0.29) is 24.4 Å². The van der Waals surface area contributed by atoms with Gasteiger partial charge in [-0.1, -0.05) is 135 Å². The average molecular weight is 581 g/mol. The van der Waals surface area contributed by atoms with Crippen LogP contribution in [0.5, 0.6) is 0 Å². The fraction of sp³-hybridized carbons (Fsp3) is 0.368. The monoisotopic (exact) mass is 580 g/mol. The van der Waals surface area contributed by atoms with Crippen LogP contribution < -0.4 is 4.90 Å². The van der Waals surface area contributed by atoms with E-state index in [9.17, 15) is 0 Å². The van der Waals surface area contributed by atoms with E-state index in [0.717, 1.165) is 42.6 Å². The van der Waals surface area contributed by atoms with Gasteiger partial charge in [-0.25, -0.2) is 0 Å². The summed E-state index contributed by atoms with van der Waals surface area (Å²) in [6.45, 7) is 6.86. The molecule has 0 amide bonds. The summed E-state index contributed by atoms with van der Waals surface area (Å²) in [5, 5.41) is 0. The van der Waals surface area contributed by atoms with E-state index >= 15 is 0 Å². The minimum absolute atomic E-state index is 0.108. The molecule has 4 aromatic carbocycles. The Labute approximate surface area is 257 Å². The molecule has 226 valence electrons. The van der Waals surface area contributed by atoms with E-state index in [4.69, 9.17) is 18.9 Å². The molecule has 0 spiro atoms. The number of hydrogen-bond acceptors (Lipinski definition) is 4. The number of rotatable bonds is 16. The number of quaternary nitrogens is 1. The van der Waals surface area contributed by atoms with Crippen LogP contribution >= 0.6 is 0 Å². The molecule has 5 heteroatoms. The molecule has 1 N–H and O–H groups in total. The first-order chi connectivity index (χ1) is 21.3. The lowest BCUT2D eigenvalue weighted by atomic mass is 9.92. The van der Waals surface area contributed by atoms with Crippen LogP contribution in [0.4, 0.5) is 0 Å². The molecule has 4 aromatic rings. The van der Waals surface area contributed by atoms with Gasteiger partial charge in [-0.2, -0.15) is 0 Å². The van der Waals surface area contributed by atoms with Gasteiger partial charge in [0.05, 0.1) is 33.0 Å². The Hall–Kier alpha value is -3.32. The summed E-state index contributed by atoms with van der Waals surface area (Å²) in [5.41, 5.74) is 4.63. The molecule has 1 fully saturated rings. The lowest BCUT2D eigenvalue weighted by Crippen LogP contribution is -3.21. The van der Waals surface area contributed by atoms with Crippen molar-refractivity contribution in [2.75, 3.05) is 19.7 Å². The minimum Gasteiger partial charge on any atom is -0.370 e. The first kappa shape index (κ1) is 31.1. The van der Waals surface area contributed by atoms with Gasteiger partial charge in [0.15, 0.2) is 0 Å². The van der Waals surface area contributed by atoms with Gasteiger partial charge < -0.3 is 23.8 Å². The van der Waals surface area contributed by atoms with Gasteiger partial charge in [-0.05, 0) is 28.7 Å². The standard InChI is InChI=1S/C38H45NO4/c1-2-3-24-39-25-36(41-27-32-18-10-5-11-19-32)38(43-29-34-22-14-7-15-23-34)37(42-28-33-20-12-6-13-21-33)35(39)30-40-26-31-16-8-4-9-17-31/h4-23,35-38H,2-3,24-30H2,1H3/p+1/t35-,36+,37+,38-/m1/s1. The molecule has 43 heavy (non-hydrogen) atoms. The molecule has 1 aliphatic heterocycles. The molecule has 5 atom stereocenters. The van der Waals surface area contributed by atoms with E-state index in [1.807, 2.05) is 24.3 Å². The normalized spacial score (nSPS) is 21.9. The van der Waals surface area contributed by atoms with Crippen LogP contribution in [0.2, 0.25) is 0 Å². The number of unbranched alkanes of at least 4 members (excludes halogenated alkanes) is 1. The largest absolute Gasteiger partial charge is 0.370 e. The maximum atomic E-state index is 6.87. The summed E-state index contributed by atoms with van der Waals surface area (Å²) in [5.74, 6) is 0. The van der Waals surface area contributed by atoms with Crippen molar-refractivity contribution in [3.05, 3.63) is 144 Å². The summed E-state index contributed by atoms with van der Waals surface area (Å²) in [6.07, 6.45) is 1.70. The molecule has 0 aromatic heterocycles. The Morgan fingerprint density at radius 3 is 1.49 bits per heavy atom. The van der Waals surface area contributed by atoms with Crippen LogP contribution in [0.3, 0.4) is 0 Å². The molecule has 1 heterocycles. The van der Waals surface area contributed by atoms with Gasteiger partial charge in [0, 0.05) is 0 Å². The van der Waals surface area contributed by atoms with Crippen LogP contribution in [-0.2, 0) is 45.4 Å². The highest BCUT2D eigenvalue weighted by atomic mass is 16.6. The summed E-state index contributed by atoms with van der Waals surface area (Å²) in [6, 6.07) is 41.7. The summed E-state index contributed by atoms with van der Waals surface area (Å²) >= 11 is 0. The Balaban J connectivity index is 1.41. The van der Waals surface area contributed by atoms with Crippen molar-refractivity contribution < 1.29 is 23.8 Å². The summed E-state index contributed by atoms with van der Waals surface area (Å²) in [4.78, 5) is 1.46. The number of nitrogens with one attached hydrogen (secondary N) is 1. The molecular formula is C38H46NO4+. The van der Waals surface area contributed by atoms with Crippen molar-refractivity contribution in [2.24, 2.45) is 0 Å². The second kappa shape index (κ2) is 17.1. The maximum Gasteiger partial charge on any atom is 0.141 e. The quantitative estimate of drug-likeness (QED) is 0.176. The van der Waals surface area contributed by atoms with Gasteiger partial charge in [-0.15, -0.1) is 0 Å². The number of benzene rings is 4. The van der Waals surface area contributed by atoms with Crippen molar-refractivity contribution in [1.29, 1.82) is 0 Å². The van der Waals surface area contributed by atoms with Crippen LogP contribution in [0.15, 0.2) is 121 Å². The van der Waals surface area contributed by atoms with Gasteiger partial charge >= 0.3 is 0 Å². The number of ether oxygens (including phenoxy) is 4. The topological polar surface area (TPSA) is 41.4 Å². The van der Waals surface area contributed by atoms with E-state index in [1.165, 1.54) is 10.5 Å². The lowest BCUT2D eigenvalue weighted by Gasteiger charge is -2.46. The third-order valence-corrected chi connectivity index (χ3v) is 8.21. The highest BCUT2D eigenvalue weighted by molar-refractivity contribution is 5.16. The second-order valence-corrected chi connectivity index (χ2v) is 11.4. The van der Waals surface area contributed by atoms with Crippen LogP contribution in [0.1, 0.15) is 42.0 Å². The highest BCUT2D eigenvalue weighted by Gasteiger charge is 2.49. The van der Waals surface area contributed by atoms with Crippen LogP contribution in [0, 0.1) is 0 Å². The van der Waals surface area contributed by atoms with Gasteiger partial charge in [0.1, 0.15) is 37.5 Å². The molecule has 0 radical (unpaired) electrons. The van der Waals surface area contributed by atoms with Gasteiger partial charge in [0.25, 0.3) is 0 Å². The predicted octanol–water partition coefficient (Wildman–Crippen LogP) is 6.03. The second-order valence-electron chi connectivity index (χ2n) is 11.4. The maximum absolute atomic E-state index is 6.87. The Morgan fingerprint density at radius 1 is 0.558 bits per heavy atom. The highest BCUT2D eigenvalue weighted by Crippen LogP contribution is 2.23. The third kappa shape index (κ3) is 9.59. The average Bonchev–Trinajstić information content (AvgIpc) is 3.07. The third-order valence-electron chi connectivity index (χ3n) is 8.21. The van der Waals surface area contributed by atoms with E-state index in [0.29, 0.717) is 33.0 Å². The predicted molar refractivity (Wildman–Crippen MR) is 171 cm³/mol. The van der Waals surface area contributed by atoms with Crippen molar-refractivity contribution in [3.63, 3.8) is 0 Å². The zero-order chi connectivity index (χ0) is 29.5. The number of piperidine rings is 1. The molecule has 1 saturated heterocycles. The zero-order valence-electron chi connectivity index (χ0n) is 25.4. The fourth-order valence-corrected chi connectivity index (χ4v) is 5.86. The zero-order valence-corrected chi connectivity index (χ0v) is 25.4. The fourth-order valence-electron chi connectivity index (χ4n) is 5.86. The first-order valence-corrected chi connectivity index (χ1v) is 15.7. The Bertz CT molecular complexity index is 1290. The first-order valence-electron chi connectivity index (χ1n) is 15.7. The molecule has 0 saturated carbocycles. The molecular weight excluding hydrogens is 534 g/mol.